The van der Waals surface area contributed by atoms with Gasteiger partial charge in [-0.05, 0) is 13.3 Å². The van der Waals surface area contributed by atoms with E-state index in [1.807, 2.05) is 0 Å². The third-order valence-corrected chi connectivity index (χ3v) is 1.07. The molecule has 0 aliphatic heterocycles. The van der Waals surface area contributed by atoms with Crippen molar-refractivity contribution in [3.8, 4) is 0 Å². The highest BCUT2D eigenvalue weighted by Crippen LogP contribution is 1.91. The lowest BCUT2D eigenvalue weighted by Gasteiger charge is -1.93. The SMILES string of the molecule is CCOC(=O)C=CCCC(=O)O. The Hall–Kier alpha value is -1.32. The molecule has 0 aromatic rings. The van der Waals surface area contributed by atoms with Gasteiger partial charge in [0.1, 0.15) is 0 Å². The third-order valence-electron chi connectivity index (χ3n) is 1.07. The first-order valence-electron chi connectivity index (χ1n) is 3.72. The second-order valence-corrected chi connectivity index (χ2v) is 2.09. The van der Waals surface area contributed by atoms with Gasteiger partial charge < -0.3 is 9.84 Å². The summed E-state index contributed by atoms with van der Waals surface area (Å²) in [5, 5.41) is 8.23. The fourth-order valence-electron chi connectivity index (χ4n) is 0.577. The van der Waals surface area contributed by atoms with Crippen LogP contribution in [0.3, 0.4) is 0 Å². The number of carboxylic acid groups (broad SMARTS) is 1. The van der Waals surface area contributed by atoms with Gasteiger partial charge in [0.2, 0.25) is 0 Å². The Morgan fingerprint density at radius 1 is 1.50 bits per heavy atom. The van der Waals surface area contributed by atoms with Crippen molar-refractivity contribution in [3.63, 3.8) is 0 Å². The van der Waals surface area contributed by atoms with Gasteiger partial charge in [-0.1, -0.05) is 6.08 Å². The van der Waals surface area contributed by atoms with E-state index in [0.29, 0.717) is 13.0 Å². The van der Waals surface area contributed by atoms with Crippen molar-refractivity contribution >= 4 is 11.9 Å². The number of hydrogen-bond donors (Lipinski definition) is 1. The molecule has 0 heterocycles. The average molecular weight is 172 g/mol. The second-order valence-electron chi connectivity index (χ2n) is 2.09. The Morgan fingerprint density at radius 2 is 2.17 bits per heavy atom. The normalized spacial score (nSPS) is 10.1. The summed E-state index contributed by atoms with van der Waals surface area (Å²) >= 11 is 0. The molecule has 12 heavy (non-hydrogen) atoms. The van der Waals surface area contributed by atoms with E-state index in [2.05, 4.69) is 4.74 Å². The number of allylic oxidation sites excluding steroid dienone is 1. The highest BCUT2D eigenvalue weighted by Gasteiger charge is 1.94. The topological polar surface area (TPSA) is 63.6 Å². The van der Waals surface area contributed by atoms with E-state index in [0.717, 1.165) is 0 Å². The van der Waals surface area contributed by atoms with Crippen molar-refractivity contribution in [2.24, 2.45) is 0 Å². The maximum atomic E-state index is 10.6. The fourth-order valence-corrected chi connectivity index (χ4v) is 0.577. The van der Waals surface area contributed by atoms with Crippen molar-refractivity contribution in [1.82, 2.24) is 0 Å². The van der Waals surface area contributed by atoms with Crippen LogP contribution in [0, 0.1) is 0 Å². The minimum atomic E-state index is -0.872. The molecule has 0 atom stereocenters. The van der Waals surface area contributed by atoms with E-state index >= 15 is 0 Å². The zero-order chi connectivity index (χ0) is 9.40. The van der Waals surface area contributed by atoms with Gasteiger partial charge >= 0.3 is 11.9 Å². The maximum Gasteiger partial charge on any atom is 0.330 e. The molecule has 0 spiro atoms. The minimum absolute atomic E-state index is 0.0376. The highest BCUT2D eigenvalue weighted by atomic mass is 16.5. The molecular weight excluding hydrogens is 160 g/mol. The Bertz CT molecular complexity index is 183. The van der Waals surface area contributed by atoms with Gasteiger partial charge in [-0.25, -0.2) is 4.79 Å². The van der Waals surface area contributed by atoms with Gasteiger partial charge in [-0.2, -0.15) is 0 Å². The number of carboxylic acids is 1. The Balaban J connectivity index is 3.48. The van der Waals surface area contributed by atoms with Crippen LogP contribution in [-0.2, 0) is 14.3 Å². The molecule has 68 valence electrons. The van der Waals surface area contributed by atoms with E-state index in [1.165, 1.54) is 12.2 Å². The molecule has 0 rings (SSSR count). The maximum absolute atomic E-state index is 10.6. The van der Waals surface area contributed by atoms with Crippen LogP contribution >= 0.6 is 0 Å². The molecule has 0 fully saturated rings. The number of rotatable bonds is 5. The smallest absolute Gasteiger partial charge is 0.330 e. The zero-order valence-corrected chi connectivity index (χ0v) is 6.95. The number of carbonyl (C=O) groups is 2. The molecule has 0 aliphatic rings. The molecule has 0 amide bonds. The molecule has 0 saturated heterocycles. The summed E-state index contributed by atoms with van der Waals surface area (Å²) in [6.45, 7) is 2.05. The van der Waals surface area contributed by atoms with Gasteiger partial charge in [0, 0.05) is 12.5 Å². The minimum Gasteiger partial charge on any atom is -0.481 e. The predicted octanol–water partition coefficient (Wildman–Crippen LogP) is 0.970. The summed E-state index contributed by atoms with van der Waals surface area (Å²) in [4.78, 5) is 20.7. The van der Waals surface area contributed by atoms with Crippen LogP contribution in [0.4, 0.5) is 0 Å². The van der Waals surface area contributed by atoms with Crippen LogP contribution in [0.25, 0.3) is 0 Å². The van der Waals surface area contributed by atoms with Gasteiger partial charge in [-0.15, -0.1) is 0 Å². The molecule has 0 aliphatic carbocycles. The number of carbonyl (C=O) groups excluding carboxylic acids is 1. The van der Waals surface area contributed by atoms with Crippen LogP contribution in [0.15, 0.2) is 12.2 Å². The molecule has 0 unspecified atom stereocenters. The van der Waals surface area contributed by atoms with E-state index in [-0.39, 0.29) is 6.42 Å². The van der Waals surface area contributed by atoms with Crippen LogP contribution in [0.1, 0.15) is 19.8 Å². The summed E-state index contributed by atoms with van der Waals surface area (Å²) in [6.07, 6.45) is 3.13. The summed E-state index contributed by atoms with van der Waals surface area (Å²) < 4.78 is 4.58. The van der Waals surface area contributed by atoms with Crippen LogP contribution < -0.4 is 0 Å². The molecule has 0 aromatic heterocycles. The van der Waals surface area contributed by atoms with Crippen LogP contribution in [-0.4, -0.2) is 23.7 Å². The number of ether oxygens (including phenoxy) is 1. The molecular formula is C8H12O4. The first kappa shape index (κ1) is 10.7. The Labute approximate surface area is 70.8 Å². The molecule has 1 N–H and O–H groups in total. The van der Waals surface area contributed by atoms with Crippen LogP contribution in [0.5, 0.6) is 0 Å². The van der Waals surface area contributed by atoms with E-state index < -0.39 is 11.9 Å². The van der Waals surface area contributed by atoms with Crippen molar-refractivity contribution in [2.75, 3.05) is 6.61 Å². The van der Waals surface area contributed by atoms with Crippen molar-refractivity contribution in [1.29, 1.82) is 0 Å². The Morgan fingerprint density at radius 3 is 2.67 bits per heavy atom. The largest absolute Gasteiger partial charge is 0.481 e. The quantitative estimate of drug-likeness (QED) is 0.495. The molecule has 0 aromatic carbocycles. The lowest BCUT2D eigenvalue weighted by atomic mass is 10.3. The monoisotopic (exact) mass is 172 g/mol. The van der Waals surface area contributed by atoms with Gasteiger partial charge in [0.05, 0.1) is 6.61 Å². The summed E-state index contributed by atoms with van der Waals surface area (Å²) in [5.74, 6) is -1.30. The highest BCUT2D eigenvalue weighted by molar-refractivity contribution is 5.81. The standard InChI is InChI=1S/C8H12O4/c1-2-12-8(11)6-4-3-5-7(9)10/h4,6H,2-3,5H2,1H3,(H,9,10). The van der Waals surface area contributed by atoms with E-state index in [1.54, 1.807) is 6.92 Å². The average Bonchev–Trinajstić information content (AvgIpc) is 1.98. The fraction of sp³-hybridized carbons (Fsp3) is 0.500. The first-order chi connectivity index (χ1) is 5.66. The molecule has 4 heteroatoms. The van der Waals surface area contributed by atoms with Crippen molar-refractivity contribution in [3.05, 3.63) is 12.2 Å². The summed E-state index contributed by atoms with van der Waals surface area (Å²) in [6, 6.07) is 0. The number of hydrogen-bond acceptors (Lipinski definition) is 3. The summed E-state index contributed by atoms with van der Waals surface area (Å²) in [5.41, 5.74) is 0. The number of esters is 1. The van der Waals surface area contributed by atoms with Gasteiger partial charge in [0.25, 0.3) is 0 Å². The number of aliphatic carboxylic acids is 1. The molecule has 4 nitrogen and oxygen atoms in total. The zero-order valence-electron chi connectivity index (χ0n) is 6.95. The predicted molar refractivity (Wildman–Crippen MR) is 42.6 cm³/mol. The van der Waals surface area contributed by atoms with E-state index in [9.17, 15) is 9.59 Å². The lowest BCUT2D eigenvalue weighted by Crippen LogP contribution is -1.99. The third kappa shape index (κ3) is 6.80. The van der Waals surface area contributed by atoms with Gasteiger partial charge in [-0.3, -0.25) is 4.79 Å². The lowest BCUT2D eigenvalue weighted by molar-refractivity contribution is -0.138. The molecule has 0 saturated carbocycles. The second kappa shape index (κ2) is 6.39. The molecule has 0 radical (unpaired) electrons. The van der Waals surface area contributed by atoms with Crippen LogP contribution in [0.2, 0.25) is 0 Å². The Kier molecular flexibility index (Phi) is 5.69. The van der Waals surface area contributed by atoms with Crippen molar-refractivity contribution in [2.45, 2.75) is 19.8 Å². The first-order valence-corrected chi connectivity index (χ1v) is 3.72. The summed E-state index contributed by atoms with van der Waals surface area (Å²) in [7, 11) is 0. The van der Waals surface area contributed by atoms with E-state index in [4.69, 9.17) is 5.11 Å². The van der Waals surface area contributed by atoms with Crippen molar-refractivity contribution < 1.29 is 19.4 Å². The van der Waals surface area contributed by atoms with Gasteiger partial charge in [0.15, 0.2) is 0 Å². The molecule has 0 bridgehead atoms.